The van der Waals surface area contributed by atoms with Gasteiger partial charge in [0, 0.05) is 6.04 Å². The summed E-state index contributed by atoms with van der Waals surface area (Å²) in [7, 11) is 0. The van der Waals surface area contributed by atoms with Crippen molar-refractivity contribution in [1.29, 1.82) is 0 Å². The largest absolute Gasteiger partial charge is 0.344 e. The standard InChI is InChI=1S/C8H19N.C8H18.H3N/c1-6(2)5-8(9)7(3)4;1-7(2)5-6-8(3)4;/h6-8H,5,9H2,1-4H3;7-8H,5-6H2,1-4H3;1H3/t8-;;/m0../s1. The summed E-state index contributed by atoms with van der Waals surface area (Å²) in [6.07, 6.45) is 3.92. The Kier molecular flexibility index (Phi) is 17.1. The lowest BCUT2D eigenvalue weighted by molar-refractivity contribution is 0.406. The predicted octanol–water partition coefficient (Wildman–Crippen LogP) is 5.26. The van der Waals surface area contributed by atoms with Crippen LogP contribution in [0.3, 0.4) is 0 Å². The molecule has 0 spiro atoms. The van der Waals surface area contributed by atoms with Crippen molar-refractivity contribution in [2.45, 2.75) is 80.7 Å². The molecule has 2 heteroatoms. The maximum atomic E-state index is 5.82. The Hall–Kier alpha value is -0.0800. The SMILES string of the molecule is CC(C)CCC(C)C.CC(C)C[C@H](N)C(C)C.N. The lowest BCUT2D eigenvalue weighted by Crippen LogP contribution is -2.27. The second-order valence-corrected chi connectivity index (χ2v) is 6.90. The van der Waals surface area contributed by atoms with Gasteiger partial charge in [-0.15, -0.1) is 0 Å². The van der Waals surface area contributed by atoms with Crippen LogP contribution in [0.15, 0.2) is 0 Å². The van der Waals surface area contributed by atoms with Crippen LogP contribution in [0.25, 0.3) is 0 Å². The van der Waals surface area contributed by atoms with Crippen molar-refractivity contribution in [3.05, 3.63) is 0 Å². The molecule has 5 N–H and O–H groups in total. The van der Waals surface area contributed by atoms with Crippen LogP contribution >= 0.6 is 0 Å². The summed E-state index contributed by atoms with van der Waals surface area (Å²) >= 11 is 0. The lowest BCUT2D eigenvalue weighted by atomic mass is 9.96. The van der Waals surface area contributed by atoms with Crippen molar-refractivity contribution in [3.63, 3.8) is 0 Å². The van der Waals surface area contributed by atoms with Gasteiger partial charge in [-0.1, -0.05) is 68.2 Å². The summed E-state index contributed by atoms with van der Waals surface area (Å²) < 4.78 is 0. The van der Waals surface area contributed by atoms with Crippen molar-refractivity contribution < 1.29 is 0 Å². The highest BCUT2D eigenvalue weighted by Crippen LogP contribution is 2.10. The molecule has 0 aromatic rings. The van der Waals surface area contributed by atoms with Crippen LogP contribution in [-0.4, -0.2) is 6.04 Å². The third kappa shape index (κ3) is 21.2. The summed E-state index contributed by atoms with van der Waals surface area (Å²) in [4.78, 5) is 0. The van der Waals surface area contributed by atoms with E-state index in [-0.39, 0.29) is 6.15 Å². The summed E-state index contributed by atoms with van der Waals surface area (Å²) in [6.45, 7) is 17.9. The smallest absolute Gasteiger partial charge is 0.00643 e. The number of hydrogen-bond acceptors (Lipinski definition) is 2. The van der Waals surface area contributed by atoms with Crippen LogP contribution in [0.2, 0.25) is 0 Å². The quantitative estimate of drug-likeness (QED) is 0.684. The first-order valence-electron chi connectivity index (χ1n) is 7.42. The third-order valence-electron chi connectivity index (χ3n) is 2.92. The van der Waals surface area contributed by atoms with Crippen LogP contribution in [0, 0.1) is 23.7 Å². The van der Waals surface area contributed by atoms with E-state index in [9.17, 15) is 0 Å². The molecule has 0 aromatic heterocycles. The molecule has 0 bridgehead atoms. The highest BCUT2D eigenvalue weighted by molar-refractivity contribution is 4.66. The Morgan fingerprint density at radius 1 is 0.667 bits per heavy atom. The normalized spacial score (nSPS) is 12.5. The van der Waals surface area contributed by atoms with Crippen LogP contribution in [0.5, 0.6) is 0 Å². The minimum absolute atomic E-state index is 0. The van der Waals surface area contributed by atoms with Gasteiger partial charge in [0.15, 0.2) is 0 Å². The molecular formula is C16H40N2. The van der Waals surface area contributed by atoms with E-state index in [0.29, 0.717) is 12.0 Å². The molecule has 0 rings (SSSR count). The summed E-state index contributed by atoms with van der Waals surface area (Å²) in [6, 6.07) is 0.394. The van der Waals surface area contributed by atoms with Crippen LogP contribution in [0.4, 0.5) is 0 Å². The lowest BCUT2D eigenvalue weighted by Gasteiger charge is -2.16. The van der Waals surface area contributed by atoms with Gasteiger partial charge < -0.3 is 11.9 Å². The number of hydrogen-bond donors (Lipinski definition) is 2. The first-order chi connectivity index (χ1) is 7.66. The minimum atomic E-state index is 0. The molecule has 0 fully saturated rings. The van der Waals surface area contributed by atoms with Crippen LogP contribution in [0.1, 0.15) is 74.7 Å². The molecule has 114 valence electrons. The molecule has 1 atom stereocenters. The fourth-order valence-corrected chi connectivity index (χ4v) is 1.48. The van der Waals surface area contributed by atoms with Gasteiger partial charge in [0.2, 0.25) is 0 Å². The minimum Gasteiger partial charge on any atom is -0.344 e. The molecule has 2 nitrogen and oxygen atoms in total. The molecule has 0 saturated heterocycles. The van der Waals surface area contributed by atoms with Crippen molar-refractivity contribution >= 4 is 0 Å². The van der Waals surface area contributed by atoms with E-state index in [0.717, 1.165) is 24.2 Å². The molecule has 0 aliphatic heterocycles. The van der Waals surface area contributed by atoms with E-state index in [2.05, 4.69) is 55.4 Å². The Labute approximate surface area is 117 Å². The zero-order chi connectivity index (χ0) is 14.0. The predicted molar refractivity (Wildman–Crippen MR) is 86.2 cm³/mol. The van der Waals surface area contributed by atoms with Crippen molar-refractivity contribution in [2.75, 3.05) is 0 Å². The summed E-state index contributed by atoms with van der Waals surface area (Å²) in [5.41, 5.74) is 5.82. The average molecular weight is 261 g/mol. The molecule has 0 heterocycles. The Morgan fingerprint density at radius 2 is 1.00 bits per heavy atom. The Bertz CT molecular complexity index is 143. The van der Waals surface area contributed by atoms with Gasteiger partial charge in [0.1, 0.15) is 0 Å². The molecule has 18 heavy (non-hydrogen) atoms. The fraction of sp³-hybridized carbons (Fsp3) is 1.00. The van der Waals surface area contributed by atoms with Crippen molar-refractivity contribution in [2.24, 2.45) is 29.4 Å². The highest BCUT2D eigenvalue weighted by Gasteiger charge is 2.08. The second-order valence-electron chi connectivity index (χ2n) is 6.90. The summed E-state index contributed by atoms with van der Waals surface area (Å²) in [5.74, 6) is 3.14. The maximum Gasteiger partial charge on any atom is 0.00643 e. The molecule has 0 amide bonds. The zero-order valence-electron chi connectivity index (χ0n) is 14.3. The molecule has 0 radical (unpaired) electrons. The zero-order valence-corrected chi connectivity index (χ0v) is 14.3. The van der Waals surface area contributed by atoms with Gasteiger partial charge in [-0.25, -0.2) is 0 Å². The van der Waals surface area contributed by atoms with Crippen LogP contribution < -0.4 is 11.9 Å². The van der Waals surface area contributed by atoms with E-state index >= 15 is 0 Å². The van der Waals surface area contributed by atoms with Crippen molar-refractivity contribution in [1.82, 2.24) is 6.15 Å². The molecular weight excluding hydrogens is 220 g/mol. The van der Waals surface area contributed by atoms with Gasteiger partial charge in [-0.3, -0.25) is 0 Å². The monoisotopic (exact) mass is 260 g/mol. The number of nitrogens with two attached hydrogens (primary N) is 1. The van der Waals surface area contributed by atoms with Gasteiger partial charge in [-0.05, 0) is 30.1 Å². The van der Waals surface area contributed by atoms with E-state index in [4.69, 9.17) is 5.73 Å². The highest BCUT2D eigenvalue weighted by atomic mass is 14.6. The fourth-order valence-electron chi connectivity index (χ4n) is 1.48. The van der Waals surface area contributed by atoms with Gasteiger partial charge in [0.25, 0.3) is 0 Å². The molecule has 0 aliphatic carbocycles. The van der Waals surface area contributed by atoms with E-state index in [1.807, 2.05) is 0 Å². The summed E-state index contributed by atoms with van der Waals surface area (Å²) in [5, 5.41) is 0. The molecule has 0 aromatic carbocycles. The Balaban J connectivity index is -0.000000238. The van der Waals surface area contributed by atoms with Gasteiger partial charge in [0.05, 0.1) is 0 Å². The Morgan fingerprint density at radius 3 is 1.11 bits per heavy atom. The molecule has 0 unspecified atom stereocenters. The average Bonchev–Trinajstić information content (AvgIpc) is 2.14. The first-order valence-corrected chi connectivity index (χ1v) is 7.42. The van der Waals surface area contributed by atoms with E-state index in [1.54, 1.807) is 0 Å². The molecule has 0 saturated carbocycles. The topological polar surface area (TPSA) is 61.0 Å². The molecule has 0 aliphatic rings. The number of rotatable bonds is 6. The first kappa shape index (κ1) is 23.0. The second kappa shape index (κ2) is 13.4. The third-order valence-corrected chi connectivity index (χ3v) is 2.92. The van der Waals surface area contributed by atoms with Gasteiger partial charge >= 0.3 is 0 Å². The van der Waals surface area contributed by atoms with Crippen LogP contribution in [-0.2, 0) is 0 Å². The van der Waals surface area contributed by atoms with Gasteiger partial charge in [-0.2, -0.15) is 0 Å². The van der Waals surface area contributed by atoms with Crippen molar-refractivity contribution in [3.8, 4) is 0 Å². The van der Waals surface area contributed by atoms with E-state index in [1.165, 1.54) is 12.8 Å². The maximum absolute atomic E-state index is 5.82. The van der Waals surface area contributed by atoms with E-state index < -0.39 is 0 Å².